The Morgan fingerprint density at radius 3 is 1.08 bits per heavy atom. The Bertz CT molecular complexity index is 2780. The van der Waals surface area contributed by atoms with Crippen molar-refractivity contribution in [1.29, 1.82) is 0 Å². The molecule has 3 aliphatic heterocycles. The molecule has 0 aromatic heterocycles. The van der Waals surface area contributed by atoms with E-state index < -0.39 is 0 Å². The Morgan fingerprint density at radius 1 is 0.224 bits per heavy atom. The second kappa shape index (κ2) is 32.0. The average molecular weight is 1460 g/mol. The summed E-state index contributed by atoms with van der Waals surface area (Å²) in [5, 5.41) is 0. The first-order valence-electron chi connectivity index (χ1n) is 52.0. The maximum absolute atomic E-state index is 4.05. The van der Waals surface area contributed by atoms with Gasteiger partial charge in [0.1, 0.15) is 0 Å². The molecular weight excluding hydrogens is 1290 g/mol. The number of rotatable bonds is 11. The normalized spacial score (nSPS) is 50.5. The third-order valence-electron chi connectivity index (χ3n) is 42.8. The highest BCUT2D eigenvalue weighted by Gasteiger charge is 2.70. The van der Waals surface area contributed by atoms with Gasteiger partial charge in [-0.2, -0.15) is 0 Å². The van der Waals surface area contributed by atoms with Gasteiger partial charge in [-0.15, -0.1) is 0 Å². The van der Waals surface area contributed by atoms with E-state index in [0.717, 1.165) is 226 Å². The molecule has 18 saturated carbocycles. The minimum Gasteiger partial charge on any atom is -0.295 e. The second-order valence-corrected chi connectivity index (χ2v) is 48.0. The molecule has 4 heteroatoms. The molecule has 31 atom stereocenters. The van der Waals surface area contributed by atoms with Gasteiger partial charge in [0, 0.05) is 54.4 Å². The fraction of sp³-hybridized carbons (Fsp3) is 1.00. The summed E-state index contributed by atoms with van der Waals surface area (Å²) in [6.45, 7) is 9.31. The van der Waals surface area contributed by atoms with Crippen molar-refractivity contribution in [1.82, 2.24) is 14.7 Å². The average Bonchev–Trinajstić information content (AvgIpc) is 0.773. The SMILES string of the molecule is CC(C)(C)CC1CC2C3B(C4CC([C@H]5CCC6C7CCC[C@H]8CCC[C@@H](C9CCCC5[C@@H]69)[C@@H]78)CCC4N2C2[C@@H](C4CCCCC4)CC(C4CCCCC4)C[C@H]2C2CCCCC2)[C@@H]2CC[C@H](N4C5CCCC[C@H]5C5CCCC[C@H]54)CC2N(C2[C@@H](C4CCCCC4)CC(C4CCCCC4)C[C@H]2C2CCCCC2)C3C1. The second-order valence-electron chi connectivity index (χ2n) is 48.0. The smallest absolute Gasteiger partial charge is 0.156 e. The third-order valence-corrected chi connectivity index (χ3v) is 42.8. The summed E-state index contributed by atoms with van der Waals surface area (Å²) in [7, 11) is 0. The molecule has 21 aliphatic rings. The molecule has 0 N–H and O–H groups in total. The van der Waals surface area contributed by atoms with E-state index >= 15 is 0 Å². The van der Waals surface area contributed by atoms with Crippen LogP contribution in [-0.2, 0) is 0 Å². The Hall–Kier alpha value is -0.0551. The zero-order chi connectivity index (χ0) is 71.0. The summed E-state index contributed by atoms with van der Waals surface area (Å²) in [5.41, 5.74) is 0.379. The van der Waals surface area contributed by atoms with Crippen LogP contribution in [0.15, 0.2) is 0 Å². The standard InChI is InChI=1S/C103H170BN3/c1-103(2,3)65-66-57-96-100-97(58-66)107(102-88(71-37-18-8-19-38-71)61-76(68-31-12-5-13-32-68)62-89(102)72-39-20-9-21-40-72)95-64-77(105-92-49-24-22-43-79(92)80-44-23-25-50-93(80)105)52-55-90(95)104(100)91-63-74(78-53-54-85-83-46-27-42-73-41-26-45-82(98(73)83)84-48-28-47-81(78)99(84)85)51-56-94(91)106(96)101-86(69-33-14-6-15-34-69)59-75(67-29-10-4-11-30-67)60-87(101)70-35-16-7-17-36-70/h66-102H,4-65H2,1-3H3/t66?,73-,74?,75?,76?,77+,78-,79+,80?,81?,82+,83?,84?,85?,86-,87+,88-,89+,90-,91?,92?,93-,94?,95?,96?,97?,98+,99-,100?,101?,102?/m1/s1. The molecule has 600 valence electrons. The van der Waals surface area contributed by atoms with E-state index in [1.807, 2.05) is 0 Å². The van der Waals surface area contributed by atoms with Crippen LogP contribution in [0.25, 0.3) is 0 Å². The lowest BCUT2D eigenvalue weighted by Crippen LogP contribution is -2.77. The van der Waals surface area contributed by atoms with Crippen LogP contribution in [0, 0.1) is 153 Å². The van der Waals surface area contributed by atoms with Crippen LogP contribution in [0.1, 0.15) is 419 Å². The predicted molar refractivity (Wildman–Crippen MR) is 450 cm³/mol. The minimum absolute atomic E-state index is 0.379. The molecule has 21 fully saturated rings. The van der Waals surface area contributed by atoms with Crippen LogP contribution in [0.4, 0.5) is 0 Å². The van der Waals surface area contributed by atoms with Gasteiger partial charge in [0.15, 0.2) is 6.71 Å². The Labute approximate surface area is 661 Å². The zero-order valence-corrected chi connectivity index (χ0v) is 70.6. The number of fused-ring (bicyclic) bond motifs is 9. The van der Waals surface area contributed by atoms with Crippen LogP contribution in [0.2, 0.25) is 17.5 Å². The van der Waals surface area contributed by atoms with Crippen LogP contribution < -0.4 is 0 Å². The van der Waals surface area contributed by atoms with Crippen molar-refractivity contribution in [3.8, 4) is 0 Å². The fourth-order valence-corrected chi connectivity index (χ4v) is 40.0. The fourth-order valence-electron chi connectivity index (χ4n) is 40.0. The molecule has 21 rings (SSSR count). The van der Waals surface area contributed by atoms with E-state index in [1.165, 1.54) is 12.8 Å². The molecule has 0 aromatic carbocycles. The van der Waals surface area contributed by atoms with Crippen molar-refractivity contribution in [3.05, 3.63) is 0 Å². The van der Waals surface area contributed by atoms with Crippen molar-refractivity contribution in [3.63, 3.8) is 0 Å². The van der Waals surface area contributed by atoms with E-state index in [9.17, 15) is 0 Å². The molecule has 0 aromatic rings. The van der Waals surface area contributed by atoms with Crippen LogP contribution in [0.3, 0.4) is 0 Å². The molecular formula is C103H170BN3. The van der Waals surface area contributed by atoms with E-state index in [0.29, 0.717) is 5.41 Å². The Kier molecular flexibility index (Phi) is 22.3. The molecule has 0 radical (unpaired) electrons. The van der Waals surface area contributed by atoms with E-state index in [2.05, 4.69) is 35.5 Å². The highest BCUT2D eigenvalue weighted by atomic mass is 15.3. The molecule has 18 aliphatic carbocycles. The summed E-state index contributed by atoms with van der Waals surface area (Å²) < 4.78 is 0. The highest BCUT2D eigenvalue weighted by Crippen LogP contribution is 2.72. The van der Waals surface area contributed by atoms with Gasteiger partial charge in [0.25, 0.3) is 0 Å². The first-order chi connectivity index (χ1) is 52.7. The molecule has 0 bridgehead atoms. The Balaban J connectivity index is 0.740. The van der Waals surface area contributed by atoms with Gasteiger partial charge >= 0.3 is 0 Å². The lowest BCUT2D eigenvalue weighted by Gasteiger charge is -2.72. The summed E-state index contributed by atoms with van der Waals surface area (Å²) in [5.74, 6) is 28.8. The number of nitrogens with zero attached hydrogens (tertiary/aromatic N) is 3. The number of hydrogen-bond donors (Lipinski definition) is 0. The molecule has 18 unspecified atom stereocenters. The van der Waals surface area contributed by atoms with Crippen molar-refractivity contribution < 1.29 is 0 Å². The van der Waals surface area contributed by atoms with E-state index in [4.69, 9.17) is 0 Å². The van der Waals surface area contributed by atoms with Gasteiger partial charge in [0.2, 0.25) is 0 Å². The van der Waals surface area contributed by atoms with Crippen molar-refractivity contribution in [2.75, 3.05) is 0 Å². The topological polar surface area (TPSA) is 9.72 Å². The first-order valence-corrected chi connectivity index (χ1v) is 52.0. The van der Waals surface area contributed by atoms with Gasteiger partial charge in [-0.1, -0.05) is 284 Å². The summed E-state index contributed by atoms with van der Waals surface area (Å²) in [6, 6.07) is 7.82. The molecule has 3 nitrogen and oxygen atoms in total. The maximum Gasteiger partial charge on any atom is 0.156 e. The quantitative estimate of drug-likeness (QED) is 0.191. The lowest BCUT2D eigenvalue weighted by atomic mass is 9.18. The van der Waals surface area contributed by atoms with Crippen LogP contribution in [-0.4, -0.2) is 75.8 Å². The third kappa shape index (κ3) is 13.8. The van der Waals surface area contributed by atoms with Gasteiger partial charge in [-0.3, -0.25) is 14.7 Å². The molecule has 0 amide bonds. The molecule has 107 heavy (non-hydrogen) atoms. The first kappa shape index (κ1) is 74.5. The van der Waals surface area contributed by atoms with Crippen molar-refractivity contribution >= 4 is 6.71 Å². The lowest BCUT2D eigenvalue weighted by molar-refractivity contribution is -0.160. The molecule has 3 saturated heterocycles. The predicted octanol–water partition coefficient (Wildman–Crippen LogP) is 27.7. The monoisotopic (exact) mass is 1460 g/mol. The molecule has 3 heterocycles. The summed E-state index contributed by atoms with van der Waals surface area (Å²) >= 11 is 0. The van der Waals surface area contributed by atoms with Gasteiger partial charge in [-0.25, -0.2) is 0 Å². The Morgan fingerprint density at radius 2 is 0.607 bits per heavy atom. The zero-order valence-electron chi connectivity index (χ0n) is 70.6. The summed E-state index contributed by atoms with van der Waals surface area (Å²) in [6.07, 6.45) is 98.9. The van der Waals surface area contributed by atoms with E-state index in [-0.39, 0.29) is 0 Å². The number of hydrogen-bond acceptors (Lipinski definition) is 3. The largest absolute Gasteiger partial charge is 0.295 e. The highest BCUT2D eigenvalue weighted by molar-refractivity contribution is 6.65. The summed E-state index contributed by atoms with van der Waals surface area (Å²) in [4.78, 5) is 11.7. The molecule has 0 spiro atoms. The van der Waals surface area contributed by atoms with Crippen molar-refractivity contribution in [2.45, 2.75) is 491 Å². The van der Waals surface area contributed by atoms with Crippen LogP contribution in [0.5, 0.6) is 0 Å². The number of likely N-dealkylation sites (tertiary alicyclic amines) is 1. The minimum atomic E-state index is 0.379. The van der Waals surface area contributed by atoms with Gasteiger partial charge in [-0.05, 0) is 306 Å². The maximum atomic E-state index is 4.05. The van der Waals surface area contributed by atoms with Crippen LogP contribution >= 0.6 is 0 Å². The van der Waals surface area contributed by atoms with Gasteiger partial charge in [0.05, 0.1) is 0 Å². The van der Waals surface area contributed by atoms with Gasteiger partial charge < -0.3 is 0 Å². The van der Waals surface area contributed by atoms with Crippen molar-refractivity contribution in [2.24, 2.45) is 153 Å². The van der Waals surface area contributed by atoms with E-state index in [1.54, 1.807) is 385 Å².